The van der Waals surface area contributed by atoms with Gasteiger partial charge in [0.05, 0.1) is 4.91 Å². The summed E-state index contributed by atoms with van der Waals surface area (Å²) < 4.78 is 19.7. The molecule has 7 nitrogen and oxygen atoms in total. The Labute approximate surface area is 163 Å². The summed E-state index contributed by atoms with van der Waals surface area (Å²) in [6.45, 7) is 0. The molecule has 1 saturated heterocycles. The lowest BCUT2D eigenvalue weighted by atomic mass is 10.1. The highest BCUT2D eigenvalue weighted by molar-refractivity contribution is 8.18. The van der Waals surface area contributed by atoms with Crippen LogP contribution >= 0.6 is 11.8 Å². The lowest BCUT2D eigenvalue weighted by Crippen LogP contribution is -2.32. The Morgan fingerprint density at radius 3 is 2.46 bits per heavy atom. The Bertz CT molecular complexity index is 975. The van der Waals surface area contributed by atoms with Gasteiger partial charge in [0.2, 0.25) is 0 Å². The number of aliphatic carboxylic acids is 1. The van der Waals surface area contributed by atoms with Crippen molar-refractivity contribution in [3.05, 3.63) is 64.3 Å². The highest BCUT2D eigenvalue weighted by Crippen LogP contribution is 2.28. The molecule has 0 saturated carbocycles. The molecular weight excluding hydrogens is 387 g/mol. The van der Waals surface area contributed by atoms with Crippen molar-refractivity contribution < 1.29 is 28.6 Å². The lowest BCUT2D eigenvalue weighted by Gasteiger charge is -2.10. The molecule has 144 valence electrons. The van der Waals surface area contributed by atoms with E-state index in [2.05, 4.69) is 5.32 Å². The molecule has 1 atom stereocenters. The number of thioether (sulfide) groups is 1. The fourth-order valence-electron chi connectivity index (χ4n) is 2.42. The summed E-state index contributed by atoms with van der Waals surface area (Å²) in [6.07, 6.45) is 1.45. The van der Waals surface area contributed by atoms with Gasteiger partial charge in [0, 0.05) is 12.5 Å². The van der Waals surface area contributed by atoms with Crippen molar-refractivity contribution in [3.63, 3.8) is 0 Å². The van der Waals surface area contributed by atoms with E-state index in [9.17, 15) is 18.8 Å². The first-order valence-electron chi connectivity index (χ1n) is 8.11. The number of nitrogens with two attached hydrogens (primary N) is 1. The van der Waals surface area contributed by atoms with Crippen LogP contribution in [0.1, 0.15) is 11.1 Å². The van der Waals surface area contributed by atoms with E-state index in [1.165, 1.54) is 12.1 Å². The van der Waals surface area contributed by atoms with Crippen LogP contribution in [0.25, 0.3) is 6.08 Å². The smallest absolute Gasteiger partial charge is 0.320 e. The standard InChI is InChI=1S/C19H15FN2O5S/c20-14-9-13(6-3-11(14)8-15(21)18(24)25)27-12-4-1-10(2-5-12)7-16-17(23)22-19(26)28-16/h1-7,9,15H,8,21H2,(H,24,25)(H,22,23,26)/b16-7-. The molecule has 2 aromatic rings. The van der Waals surface area contributed by atoms with E-state index < -0.39 is 29.0 Å². The van der Waals surface area contributed by atoms with Gasteiger partial charge < -0.3 is 15.6 Å². The molecule has 9 heteroatoms. The Morgan fingerprint density at radius 2 is 1.89 bits per heavy atom. The van der Waals surface area contributed by atoms with Gasteiger partial charge in [0.25, 0.3) is 11.1 Å². The molecule has 0 aliphatic carbocycles. The predicted molar refractivity (Wildman–Crippen MR) is 101 cm³/mol. The van der Waals surface area contributed by atoms with Gasteiger partial charge in [-0.05, 0) is 47.2 Å². The number of ether oxygens (including phenoxy) is 1. The zero-order valence-corrected chi connectivity index (χ0v) is 15.2. The molecule has 3 rings (SSSR count). The molecule has 1 aliphatic rings. The maximum absolute atomic E-state index is 14.1. The number of halogens is 1. The second-order valence-electron chi connectivity index (χ2n) is 5.93. The topological polar surface area (TPSA) is 119 Å². The maximum atomic E-state index is 14.1. The number of rotatable bonds is 6. The summed E-state index contributed by atoms with van der Waals surface area (Å²) in [6, 6.07) is 9.58. The second-order valence-corrected chi connectivity index (χ2v) is 6.94. The molecule has 1 unspecified atom stereocenters. The van der Waals surface area contributed by atoms with Crippen LogP contribution in [0.15, 0.2) is 47.4 Å². The van der Waals surface area contributed by atoms with E-state index in [1.807, 2.05) is 0 Å². The first kappa shape index (κ1) is 19.6. The highest BCUT2D eigenvalue weighted by atomic mass is 32.2. The second kappa shape index (κ2) is 8.24. The number of hydrogen-bond donors (Lipinski definition) is 3. The van der Waals surface area contributed by atoms with Gasteiger partial charge >= 0.3 is 5.97 Å². The predicted octanol–water partition coefficient (Wildman–Crippen LogP) is 2.90. The Morgan fingerprint density at radius 1 is 1.21 bits per heavy atom. The average Bonchev–Trinajstić information content (AvgIpc) is 2.96. The summed E-state index contributed by atoms with van der Waals surface area (Å²) in [5.41, 5.74) is 6.30. The van der Waals surface area contributed by atoms with E-state index in [0.717, 1.165) is 17.8 Å². The Balaban J connectivity index is 1.68. The van der Waals surface area contributed by atoms with E-state index in [0.29, 0.717) is 16.2 Å². The van der Waals surface area contributed by atoms with Gasteiger partial charge in [-0.15, -0.1) is 0 Å². The van der Waals surface area contributed by atoms with Crippen LogP contribution in [0, 0.1) is 5.82 Å². The van der Waals surface area contributed by atoms with Crippen molar-refractivity contribution in [2.45, 2.75) is 12.5 Å². The minimum absolute atomic E-state index is 0.126. The van der Waals surface area contributed by atoms with Crippen LogP contribution in [-0.4, -0.2) is 28.3 Å². The maximum Gasteiger partial charge on any atom is 0.320 e. The van der Waals surface area contributed by atoms with Gasteiger partial charge in [0.1, 0.15) is 23.4 Å². The van der Waals surface area contributed by atoms with Gasteiger partial charge in [-0.25, -0.2) is 4.39 Å². The third kappa shape index (κ3) is 4.76. The van der Waals surface area contributed by atoms with Crippen LogP contribution in [0.5, 0.6) is 11.5 Å². The summed E-state index contributed by atoms with van der Waals surface area (Å²) in [5, 5.41) is 10.6. The van der Waals surface area contributed by atoms with Gasteiger partial charge in [-0.2, -0.15) is 0 Å². The molecule has 0 aromatic heterocycles. The number of amides is 2. The molecular formula is C19H15FN2O5S. The molecule has 0 radical (unpaired) electrons. The first-order valence-corrected chi connectivity index (χ1v) is 8.93. The molecule has 1 fully saturated rings. The van der Waals surface area contributed by atoms with E-state index in [1.54, 1.807) is 30.3 Å². The van der Waals surface area contributed by atoms with Gasteiger partial charge in [0.15, 0.2) is 0 Å². The number of hydrogen-bond acceptors (Lipinski definition) is 6. The van der Waals surface area contributed by atoms with Crippen LogP contribution in [-0.2, 0) is 16.0 Å². The zero-order chi connectivity index (χ0) is 20.3. The molecule has 2 amide bonds. The third-order valence-corrected chi connectivity index (χ3v) is 4.65. The Kier molecular flexibility index (Phi) is 5.76. The fourth-order valence-corrected chi connectivity index (χ4v) is 3.10. The molecule has 28 heavy (non-hydrogen) atoms. The fraction of sp³-hybridized carbons (Fsp3) is 0.105. The summed E-state index contributed by atoms with van der Waals surface area (Å²) in [5.74, 6) is -1.56. The highest BCUT2D eigenvalue weighted by Gasteiger charge is 2.24. The summed E-state index contributed by atoms with van der Waals surface area (Å²) >= 11 is 0.827. The van der Waals surface area contributed by atoms with Crippen molar-refractivity contribution >= 4 is 35.0 Å². The summed E-state index contributed by atoms with van der Waals surface area (Å²) in [4.78, 5) is 33.8. The van der Waals surface area contributed by atoms with Crippen molar-refractivity contribution in [3.8, 4) is 11.5 Å². The van der Waals surface area contributed by atoms with E-state index in [4.69, 9.17) is 15.6 Å². The third-order valence-electron chi connectivity index (χ3n) is 3.84. The molecule has 0 spiro atoms. The van der Waals surface area contributed by atoms with Crippen molar-refractivity contribution in [1.29, 1.82) is 0 Å². The number of carbonyl (C=O) groups is 3. The van der Waals surface area contributed by atoms with Gasteiger partial charge in [-0.3, -0.25) is 19.7 Å². The quantitative estimate of drug-likeness (QED) is 0.636. The number of carbonyl (C=O) groups excluding carboxylic acids is 2. The number of carboxylic acid groups (broad SMARTS) is 1. The minimum Gasteiger partial charge on any atom is -0.480 e. The molecule has 4 N–H and O–H groups in total. The van der Waals surface area contributed by atoms with Crippen molar-refractivity contribution in [2.75, 3.05) is 0 Å². The first-order chi connectivity index (χ1) is 13.3. The number of imide groups is 1. The molecule has 2 aromatic carbocycles. The largest absolute Gasteiger partial charge is 0.480 e. The number of nitrogens with one attached hydrogen (secondary N) is 1. The van der Waals surface area contributed by atoms with Crippen LogP contribution in [0.2, 0.25) is 0 Å². The zero-order valence-electron chi connectivity index (χ0n) is 14.3. The van der Waals surface area contributed by atoms with Crippen LogP contribution in [0.4, 0.5) is 9.18 Å². The molecule has 1 heterocycles. The summed E-state index contributed by atoms with van der Waals surface area (Å²) in [7, 11) is 0. The van der Waals surface area contributed by atoms with Crippen molar-refractivity contribution in [2.24, 2.45) is 5.73 Å². The minimum atomic E-state index is -1.20. The van der Waals surface area contributed by atoms with E-state index >= 15 is 0 Å². The Hall–Kier alpha value is -3.17. The monoisotopic (exact) mass is 402 g/mol. The average molecular weight is 402 g/mol. The number of benzene rings is 2. The van der Waals surface area contributed by atoms with Crippen LogP contribution < -0.4 is 15.8 Å². The van der Waals surface area contributed by atoms with E-state index in [-0.39, 0.29) is 17.7 Å². The molecule has 1 aliphatic heterocycles. The van der Waals surface area contributed by atoms with Gasteiger partial charge in [-0.1, -0.05) is 18.2 Å². The SMILES string of the molecule is NC(Cc1ccc(Oc2ccc(/C=C3\SC(=O)NC3=O)cc2)cc1F)C(=O)O. The normalized spacial score (nSPS) is 16.1. The van der Waals surface area contributed by atoms with Crippen LogP contribution in [0.3, 0.4) is 0 Å². The number of carboxylic acids is 1. The van der Waals surface area contributed by atoms with Crippen molar-refractivity contribution in [1.82, 2.24) is 5.32 Å². The molecule has 0 bridgehead atoms. The lowest BCUT2D eigenvalue weighted by molar-refractivity contribution is -0.138.